The molecule has 0 bridgehead atoms. The van der Waals surface area contributed by atoms with Crippen LogP contribution in [0.3, 0.4) is 0 Å². The minimum atomic E-state index is -0.0595. The number of hydrogen-bond acceptors (Lipinski definition) is 2. The standard InChI is InChI=1S/C37H27NS/c1-37(2)31-17-7-5-14-27(31)28-22-21-25(23-32(28)37)38(33-18-9-12-24-11-3-4-13-26(24)33)34-19-10-16-30-29-15-6-8-20-35(29)39-36(30)34/h3-23H,1-2H3. The maximum Gasteiger partial charge on any atom is 0.0640 e. The van der Waals surface area contributed by atoms with Gasteiger partial charge in [0.1, 0.15) is 0 Å². The summed E-state index contributed by atoms with van der Waals surface area (Å²) in [5.74, 6) is 0. The van der Waals surface area contributed by atoms with Crippen molar-refractivity contribution in [2.45, 2.75) is 19.3 Å². The number of rotatable bonds is 3. The van der Waals surface area contributed by atoms with Gasteiger partial charge in [-0.05, 0) is 58.0 Å². The molecule has 1 heterocycles. The second kappa shape index (κ2) is 8.30. The Kier molecular flexibility index (Phi) is 4.80. The molecule has 0 N–H and O–H groups in total. The Morgan fingerprint density at radius 3 is 2.13 bits per heavy atom. The SMILES string of the molecule is CC1(C)c2ccccc2-c2ccc(N(c3cccc4ccccc34)c3cccc4c3sc3ccccc34)cc21. The number of anilines is 3. The fraction of sp³-hybridized carbons (Fsp3) is 0.0811. The van der Waals surface area contributed by atoms with Crippen LogP contribution in [0, 0.1) is 0 Å². The van der Waals surface area contributed by atoms with E-state index < -0.39 is 0 Å². The molecule has 0 unspecified atom stereocenters. The third-order valence-corrected chi connectivity index (χ3v) is 9.67. The molecule has 1 aromatic heterocycles. The zero-order chi connectivity index (χ0) is 26.1. The van der Waals surface area contributed by atoms with E-state index in [0.29, 0.717) is 0 Å². The Morgan fingerprint density at radius 2 is 1.21 bits per heavy atom. The van der Waals surface area contributed by atoms with Gasteiger partial charge in [0.2, 0.25) is 0 Å². The molecule has 0 amide bonds. The molecule has 0 radical (unpaired) electrons. The number of nitrogens with zero attached hydrogens (tertiary/aromatic N) is 1. The van der Waals surface area contributed by atoms with E-state index >= 15 is 0 Å². The summed E-state index contributed by atoms with van der Waals surface area (Å²) in [7, 11) is 0. The van der Waals surface area contributed by atoms with E-state index in [4.69, 9.17) is 0 Å². The average Bonchev–Trinajstić information content (AvgIpc) is 3.47. The normalized spacial score (nSPS) is 13.6. The summed E-state index contributed by atoms with van der Waals surface area (Å²) in [5.41, 5.74) is 9.04. The Hall–Kier alpha value is -4.40. The van der Waals surface area contributed by atoms with Gasteiger partial charge in [-0.2, -0.15) is 0 Å². The van der Waals surface area contributed by atoms with E-state index in [-0.39, 0.29) is 5.41 Å². The summed E-state index contributed by atoms with van der Waals surface area (Å²) in [6, 6.07) is 46.9. The molecule has 6 aromatic carbocycles. The van der Waals surface area contributed by atoms with Crippen molar-refractivity contribution in [1.29, 1.82) is 0 Å². The molecule has 8 rings (SSSR count). The quantitative estimate of drug-likeness (QED) is 0.225. The zero-order valence-electron chi connectivity index (χ0n) is 22.0. The Morgan fingerprint density at radius 1 is 0.538 bits per heavy atom. The highest BCUT2D eigenvalue weighted by Gasteiger charge is 2.36. The van der Waals surface area contributed by atoms with Crippen LogP contribution < -0.4 is 4.90 Å². The van der Waals surface area contributed by atoms with Gasteiger partial charge in [0, 0.05) is 32.0 Å². The summed E-state index contributed by atoms with van der Waals surface area (Å²) < 4.78 is 2.64. The van der Waals surface area contributed by atoms with Gasteiger partial charge in [-0.3, -0.25) is 0 Å². The zero-order valence-corrected chi connectivity index (χ0v) is 22.8. The number of hydrogen-bond donors (Lipinski definition) is 0. The third-order valence-electron chi connectivity index (χ3n) is 8.46. The molecular weight excluding hydrogens is 490 g/mol. The molecule has 1 aliphatic carbocycles. The Balaban J connectivity index is 1.44. The van der Waals surface area contributed by atoms with E-state index in [1.165, 1.54) is 70.3 Å². The molecule has 39 heavy (non-hydrogen) atoms. The minimum absolute atomic E-state index is 0.0595. The maximum atomic E-state index is 2.49. The largest absolute Gasteiger partial charge is 0.308 e. The highest BCUT2D eigenvalue weighted by Crippen LogP contribution is 2.52. The molecule has 186 valence electrons. The summed E-state index contributed by atoms with van der Waals surface area (Å²) in [6.45, 7) is 4.72. The molecular formula is C37H27NS. The molecule has 0 fully saturated rings. The molecule has 2 heteroatoms. The predicted octanol–water partition coefficient (Wildman–Crippen LogP) is 11.0. The number of fused-ring (bicyclic) bond motifs is 7. The second-order valence-electron chi connectivity index (χ2n) is 11.0. The van der Waals surface area contributed by atoms with Crippen molar-refractivity contribution >= 4 is 59.3 Å². The van der Waals surface area contributed by atoms with Crippen molar-refractivity contribution in [3.8, 4) is 11.1 Å². The van der Waals surface area contributed by atoms with Crippen molar-refractivity contribution in [3.05, 3.63) is 139 Å². The van der Waals surface area contributed by atoms with Crippen molar-refractivity contribution < 1.29 is 0 Å². The molecule has 1 aliphatic rings. The maximum absolute atomic E-state index is 2.49. The van der Waals surface area contributed by atoms with Gasteiger partial charge in [0.05, 0.1) is 16.1 Å². The van der Waals surface area contributed by atoms with Crippen LogP contribution in [0.15, 0.2) is 127 Å². The molecule has 0 aliphatic heterocycles. The van der Waals surface area contributed by atoms with Crippen molar-refractivity contribution in [2.24, 2.45) is 0 Å². The third kappa shape index (κ3) is 3.25. The molecule has 0 atom stereocenters. The first-order valence-electron chi connectivity index (χ1n) is 13.5. The number of thiophene rings is 1. The van der Waals surface area contributed by atoms with E-state index in [1.807, 2.05) is 11.3 Å². The lowest BCUT2D eigenvalue weighted by Gasteiger charge is -2.29. The van der Waals surface area contributed by atoms with Gasteiger partial charge >= 0.3 is 0 Å². The van der Waals surface area contributed by atoms with Gasteiger partial charge in [0.15, 0.2) is 0 Å². The van der Waals surface area contributed by atoms with Gasteiger partial charge in [-0.1, -0.05) is 111 Å². The monoisotopic (exact) mass is 517 g/mol. The van der Waals surface area contributed by atoms with Gasteiger partial charge in [-0.15, -0.1) is 11.3 Å². The van der Waals surface area contributed by atoms with Crippen molar-refractivity contribution in [2.75, 3.05) is 4.90 Å². The summed E-state index contributed by atoms with van der Waals surface area (Å²) in [6.07, 6.45) is 0. The fourth-order valence-electron chi connectivity index (χ4n) is 6.55. The first-order chi connectivity index (χ1) is 19.1. The van der Waals surface area contributed by atoms with Gasteiger partial charge in [-0.25, -0.2) is 0 Å². The van der Waals surface area contributed by atoms with Crippen LogP contribution in [0.2, 0.25) is 0 Å². The predicted molar refractivity (Wildman–Crippen MR) is 169 cm³/mol. The average molecular weight is 518 g/mol. The van der Waals surface area contributed by atoms with Crippen molar-refractivity contribution in [1.82, 2.24) is 0 Å². The van der Waals surface area contributed by atoms with Crippen LogP contribution in [0.25, 0.3) is 42.1 Å². The highest BCUT2D eigenvalue weighted by atomic mass is 32.1. The van der Waals surface area contributed by atoms with E-state index in [2.05, 4.69) is 146 Å². The second-order valence-corrected chi connectivity index (χ2v) is 12.0. The molecule has 0 saturated heterocycles. The Bertz CT molecular complexity index is 2060. The van der Waals surface area contributed by atoms with Crippen LogP contribution in [0.5, 0.6) is 0 Å². The molecule has 1 nitrogen and oxygen atoms in total. The summed E-state index contributed by atoms with van der Waals surface area (Å²) in [4.78, 5) is 2.49. The van der Waals surface area contributed by atoms with Gasteiger partial charge < -0.3 is 4.90 Å². The van der Waals surface area contributed by atoms with Gasteiger partial charge in [0.25, 0.3) is 0 Å². The fourth-order valence-corrected chi connectivity index (χ4v) is 7.76. The lowest BCUT2D eigenvalue weighted by atomic mass is 9.82. The van der Waals surface area contributed by atoms with E-state index in [9.17, 15) is 0 Å². The van der Waals surface area contributed by atoms with Crippen LogP contribution >= 0.6 is 11.3 Å². The van der Waals surface area contributed by atoms with Crippen LogP contribution in [0.4, 0.5) is 17.1 Å². The molecule has 0 spiro atoms. The molecule has 7 aromatic rings. The highest BCUT2D eigenvalue weighted by molar-refractivity contribution is 7.26. The molecule has 0 saturated carbocycles. The van der Waals surface area contributed by atoms with E-state index in [0.717, 1.165) is 0 Å². The van der Waals surface area contributed by atoms with Crippen LogP contribution in [0.1, 0.15) is 25.0 Å². The van der Waals surface area contributed by atoms with Crippen LogP contribution in [-0.2, 0) is 5.41 Å². The summed E-state index contributed by atoms with van der Waals surface area (Å²) >= 11 is 1.88. The smallest absolute Gasteiger partial charge is 0.0640 e. The van der Waals surface area contributed by atoms with Crippen LogP contribution in [-0.4, -0.2) is 0 Å². The van der Waals surface area contributed by atoms with E-state index in [1.54, 1.807) is 0 Å². The lowest BCUT2D eigenvalue weighted by Crippen LogP contribution is -2.16. The number of benzene rings is 6. The lowest BCUT2D eigenvalue weighted by molar-refractivity contribution is 0.660. The van der Waals surface area contributed by atoms with Crippen molar-refractivity contribution in [3.63, 3.8) is 0 Å². The minimum Gasteiger partial charge on any atom is -0.308 e. The Labute approximate surface area is 232 Å². The first-order valence-corrected chi connectivity index (χ1v) is 14.4. The topological polar surface area (TPSA) is 3.24 Å². The first kappa shape index (κ1) is 22.6. The summed E-state index contributed by atoms with van der Waals surface area (Å²) in [5, 5.41) is 5.13.